The van der Waals surface area contributed by atoms with Gasteiger partial charge in [0.15, 0.2) is 0 Å². The lowest BCUT2D eigenvalue weighted by Gasteiger charge is -2.14. The molecule has 0 fully saturated rings. The molecule has 1 atom stereocenters. The minimum absolute atomic E-state index is 0.0192. The number of alkyl carbamates (subject to hydrolysis) is 1. The van der Waals surface area contributed by atoms with Crippen molar-refractivity contribution in [2.45, 2.75) is 12.0 Å². The second-order valence-corrected chi connectivity index (χ2v) is 5.39. The van der Waals surface area contributed by atoms with Gasteiger partial charge in [-0.1, -0.05) is 54.5 Å². The summed E-state index contributed by atoms with van der Waals surface area (Å²) >= 11 is 0. The van der Waals surface area contributed by atoms with Gasteiger partial charge in [0, 0.05) is 5.92 Å². The summed E-state index contributed by atoms with van der Waals surface area (Å²) in [5.74, 6) is 2.15. The molecule has 4 heteroatoms. The first kappa shape index (κ1) is 15.1. The van der Waals surface area contributed by atoms with Gasteiger partial charge in [-0.2, -0.15) is 0 Å². The molecule has 0 saturated heterocycles. The number of benzene rings is 2. The lowest BCUT2D eigenvalue weighted by Crippen LogP contribution is -2.32. The van der Waals surface area contributed by atoms with Gasteiger partial charge in [-0.3, -0.25) is 0 Å². The van der Waals surface area contributed by atoms with Crippen molar-refractivity contribution in [2.75, 3.05) is 13.2 Å². The van der Waals surface area contributed by atoms with Crippen LogP contribution in [0.1, 0.15) is 17.0 Å². The Labute approximate surface area is 135 Å². The van der Waals surface area contributed by atoms with E-state index in [9.17, 15) is 9.90 Å². The van der Waals surface area contributed by atoms with Crippen molar-refractivity contribution in [3.63, 3.8) is 0 Å². The fourth-order valence-corrected chi connectivity index (χ4v) is 2.89. The number of aliphatic hydroxyl groups excluding tert-OH is 1. The van der Waals surface area contributed by atoms with Crippen molar-refractivity contribution in [3.05, 3.63) is 59.7 Å². The van der Waals surface area contributed by atoms with Crippen LogP contribution in [0.25, 0.3) is 11.1 Å². The van der Waals surface area contributed by atoms with E-state index in [4.69, 9.17) is 11.2 Å². The van der Waals surface area contributed by atoms with Gasteiger partial charge >= 0.3 is 6.09 Å². The van der Waals surface area contributed by atoms with Crippen LogP contribution in [0.3, 0.4) is 0 Å². The van der Waals surface area contributed by atoms with E-state index in [1.165, 1.54) is 11.1 Å². The SMILES string of the molecule is C#CC(O)CNC(=O)OCC1c2ccccc2-c2ccccc21. The maximum absolute atomic E-state index is 11.7. The Morgan fingerprint density at radius 2 is 1.74 bits per heavy atom. The predicted molar refractivity (Wildman–Crippen MR) is 87.9 cm³/mol. The molecule has 0 heterocycles. The Morgan fingerprint density at radius 3 is 2.30 bits per heavy atom. The zero-order valence-corrected chi connectivity index (χ0v) is 12.5. The lowest BCUT2D eigenvalue weighted by molar-refractivity contribution is 0.136. The molecule has 23 heavy (non-hydrogen) atoms. The number of carbonyl (C=O) groups is 1. The third-order valence-corrected chi connectivity index (χ3v) is 3.98. The topological polar surface area (TPSA) is 58.6 Å². The summed E-state index contributed by atoms with van der Waals surface area (Å²) in [7, 11) is 0. The first-order valence-corrected chi connectivity index (χ1v) is 7.43. The van der Waals surface area contributed by atoms with Gasteiger partial charge in [-0.25, -0.2) is 4.79 Å². The average molecular weight is 307 g/mol. The first-order chi connectivity index (χ1) is 11.2. The third-order valence-electron chi connectivity index (χ3n) is 3.98. The zero-order chi connectivity index (χ0) is 16.2. The highest BCUT2D eigenvalue weighted by Crippen LogP contribution is 2.44. The molecule has 0 aromatic heterocycles. The summed E-state index contributed by atoms with van der Waals surface area (Å²) in [6.45, 7) is 0.221. The van der Waals surface area contributed by atoms with Crippen molar-refractivity contribution >= 4 is 6.09 Å². The molecule has 1 aliphatic carbocycles. The van der Waals surface area contributed by atoms with Crippen LogP contribution in [0.4, 0.5) is 4.79 Å². The Bertz CT molecular complexity index is 718. The van der Waals surface area contributed by atoms with Crippen molar-refractivity contribution in [1.29, 1.82) is 0 Å². The molecule has 2 aromatic carbocycles. The smallest absolute Gasteiger partial charge is 0.407 e. The number of ether oxygens (including phenoxy) is 1. The van der Waals surface area contributed by atoms with E-state index in [0.717, 1.165) is 11.1 Å². The van der Waals surface area contributed by atoms with E-state index >= 15 is 0 Å². The Hall–Kier alpha value is -2.77. The van der Waals surface area contributed by atoms with Gasteiger partial charge in [-0.05, 0) is 22.3 Å². The minimum Gasteiger partial charge on any atom is -0.449 e. The Balaban J connectivity index is 1.71. The van der Waals surface area contributed by atoms with Crippen LogP contribution in [0.5, 0.6) is 0 Å². The molecule has 1 amide bonds. The maximum Gasteiger partial charge on any atom is 0.407 e. The van der Waals surface area contributed by atoms with Crippen LogP contribution in [0, 0.1) is 12.3 Å². The van der Waals surface area contributed by atoms with E-state index < -0.39 is 12.2 Å². The van der Waals surface area contributed by atoms with E-state index in [-0.39, 0.29) is 19.1 Å². The average Bonchev–Trinajstić information content (AvgIpc) is 2.92. The van der Waals surface area contributed by atoms with Gasteiger partial charge in [-0.15, -0.1) is 6.42 Å². The predicted octanol–water partition coefficient (Wildman–Crippen LogP) is 2.52. The highest BCUT2D eigenvalue weighted by atomic mass is 16.5. The highest BCUT2D eigenvalue weighted by Gasteiger charge is 2.28. The normalized spacial score (nSPS) is 13.6. The maximum atomic E-state index is 11.7. The third kappa shape index (κ3) is 3.05. The number of terminal acetylenes is 1. The quantitative estimate of drug-likeness (QED) is 0.853. The largest absolute Gasteiger partial charge is 0.449 e. The van der Waals surface area contributed by atoms with Crippen LogP contribution in [0.15, 0.2) is 48.5 Å². The molecule has 0 aliphatic heterocycles. The number of amides is 1. The summed E-state index contributed by atoms with van der Waals surface area (Å²) in [4.78, 5) is 11.7. The molecular formula is C19H17NO3. The minimum atomic E-state index is -1.00. The van der Waals surface area contributed by atoms with Crippen molar-refractivity contribution in [1.82, 2.24) is 5.32 Å². The fourth-order valence-electron chi connectivity index (χ4n) is 2.89. The molecule has 1 aliphatic rings. The molecular weight excluding hydrogens is 290 g/mol. The van der Waals surface area contributed by atoms with Gasteiger partial charge in [0.2, 0.25) is 0 Å². The zero-order valence-electron chi connectivity index (χ0n) is 12.5. The number of nitrogens with one attached hydrogen (secondary N) is 1. The van der Waals surface area contributed by atoms with E-state index in [1.54, 1.807) is 0 Å². The van der Waals surface area contributed by atoms with Gasteiger partial charge in [0.1, 0.15) is 12.7 Å². The number of fused-ring (bicyclic) bond motifs is 3. The summed E-state index contributed by atoms with van der Waals surface area (Å²) in [6.07, 6.45) is 3.46. The lowest BCUT2D eigenvalue weighted by atomic mass is 9.98. The van der Waals surface area contributed by atoms with Gasteiger partial charge in [0.05, 0.1) is 6.54 Å². The molecule has 3 rings (SSSR count). The summed E-state index contributed by atoms with van der Waals surface area (Å²) in [5, 5.41) is 11.7. The van der Waals surface area contributed by atoms with Crippen LogP contribution in [-0.4, -0.2) is 30.5 Å². The van der Waals surface area contributed by atoms with Gasteiger partial charge in [0.25, 0.3) is 0 Å². The summed E-state index contributed by atoms with van der Waals surface area (Å²) in [6, 6.07) is 16.3. The molecule has 0 radical (unpaired) electrons. The molecule has 4 nitrogen and oxygen atoms in total. The molecule has 0 spiro atoms. The van der Waals surface area contributed by atoms with Crippen molar-refractivity contribution < 1.29 is 14.6 Å². The van der Waals surface area contributed by atoms with Crippen LogP contribution in [0.2, 0.25) is 0 Å². The van der Waals surface area contributed by atoms with Crippen LogP contribution in [-0.2, 0) is 4.74 Å². The van der Waals surface area contributed by atoms with Crippen LogP contribution < -0.4 is 5.32 Å². The first-order valence-electron chi connectivity index (χ1n) is 7.43. The molecule has 2 aromatic rings. The Morgan fingerprint density at radius 1 is 1.17 bits per heavy atom. The molecule has 116 valence electrons. The molecule has 2 N–H and O–H groups in total. The van der Waals surface area contributed by atoms with Gasteiger partial charge < -0.3 is 15.2 Å². The van der Waals surface area contributed by atoms with Crippen molar-refractivity contribution in [2.24, 2.45) is 0 Å². The molecule has 1 unspecified atom stereocenters. The standard InChI is InChI=1S/C19H17NO3/c1-2-13(21)11-20-19(22)23-12-18-16-9-5-3-7-14(16)15-8-4-6-10-17(15)18/h1,3-10,13,18,21H,11-12H2,(H,20,22). The highest BCUT2D eigenvalue weighted by molar-refractivity contribution is 5.79. The van der Waals surface area contributed by atoms with E-state index in [1.807, 2.05) is 24.3 Å². The Kier molecular flexibility index (Phi) is 4.31. The van der Waals surface area contributed by atoms with Crippen LogP contribution >= 0.6 is 0 Å². The summed E-state index contributed by atoms with van der Waals surface area (Å²) in [5.41, 5.74) is 4.68. The monoisotopic (exact) mass is 307 g/mol. The second-order valence-electron chi connectivity index (χ2n) is 5.39. The molecule has 0 bridgehead atoms. The van der Waals surface area contributed by atoms with E-state index in [2.05, 4.69) is 35.5 Å². The summed E-state index contributed by atoms with van der Waals surface area (Å²) < 4.78 is 5.30. The number of aliphatic hydroxyl groups is 1. The van der Waals surface area contributed by atoms with E-state index in [0.29, 0.717) is 0 Å². The number of hydrogen-bond donors (Lipinski definition) is 2. The molecule has 0 saturated carbocycles. The fraction of sp³-hybridized carbons (Fsp3) is 0.211. The second kappa shape index (κ2) is 6.55. The number of rotatable bonds is 4. The number of carbonyl (C=O) groups excluding carboxylic acids is 1. The van der Waals surface area contributed by atoms with Crippen molar-refractivity contribution in [3.8, 4) is 23.5 Å². The number of hydrogen-bond acceptors (Lipinski definition) is 3.